The number of pyridine rings is 4. The number of hydrogen-bond donors (Lipinski definition) is 2. The van der Waals surface area contributed by atoms with Crippen molar-refractivity contribution in [1.29, 1.82) is 0 Å². The predicted molar refractivity (Wildman–Crippen MR) is 217 cm³/mol. The van der Waals surface area contributed by atoms with Gasteiger partial charge in [-0.05, 0) is 105 Å². The molecule has 5 rings (SSSR count). The molecule has 0 saturated carbocycles. The summed E-state index contributed by atoms with van der Waals surface area (Å²) in [5.41, 5.74) is 8.83. The van der Waals surface area contributed by atoms with Crippen molar-refractivity contribution >= 4 is 18.4 Å². The first-order valence-electron chi connectivity index (χ1n) is 18.0. The van der Waals surface area contributed by atoms with E-state index >= 15 is 0 Å². The molecular weight excluding hydrogens is 734 g/mol. The van der Waals surface area contributed by atoms with Crippen molar-refractivity contribution in [3.05, 3.63) is 162 Å². The highest BCUT2D eigenvalue weighted by molar-refractivity contribution is 5.74. The van der Waals surface area contributed by atoms with Crippen LogP contribution in [0, 0.1) is 36.3 Å². The molecule has 1 aliphatic rings. The maximum absolute atomic E-state index is 10.3. The fourth-order valence-corrected chi connectivity index (χ4v) is 4.88. The van der Waals surface area contributed by atoms with Gasteiger partial charge in [0.15, 0.2) is 12.4 Å². The van der Waals surface area contributed by atoms with Crippen LogP contribution in [0.5, 0.6) is 0 Å². The first-order chi connectivity index (χ1) is 27.0. The summed E-state index contributed by atoms with van der Waals surface area (Å²) in [6, 6.07) is 12.9. The van der Waals surface area contributed by atoms with Crippen molar-refractivity contribution in [1.82, 2.24) is 19.9 Å². The molecule has 5 heterocycles. The highest BCUT2D eigenvalue weighted by atomic mass is 16.6. The summed E-state index contributed by atoms with van der Waals surface area (Å²) in [5.74, 6) is 0.895. The molecule has 17 heteroatoms. The van der Waals surface area contributed by atoms with Crippen LogP contribution in [-0.4, -0.2) is 78.2 Å². The lowest BCUT2D eigenvalue weighted by molar-refractivity contribution is -0.671. The largest absolute Gasteiger partial charge is 0.381 e. The number of nitrogens with zero attached hydrogens (tertiary/aromatic N) is 8. The summed E-state index contributed by atoms with van der Waals surface area (Å²) in [4.78, 5) is 53.2. The number of aromatic nitrogens is 4. The molecule has 3 N–H and O–H groups in total. The second-order valence-corrected chi connectivity index (χ2v) is 13.3. The van der Waals surface area contributed by atoms with E-state index < -0.39 is 26.9 Å². The van der Waals surface area contributed by atoms with E-state index in [1.54, 1.807) is 67.3 Å². The molecule has 1 saturated heterocycles. The minimum absolute atomic E-state index is 0.126. The van der Waals surface area contributed by atoms with Crippen molar-refractivity contribution in [3.8, 4) is 0 Å². The third kappa shape index (κ3) is 22.1. The zero-order valence-electron chi connectivity index (χ0n) is 33.3. The van der Waals surface area contributed by atoms with Crippen LogP contribution >= 0.6 is 0 Å². The molecule has 1 aliphatic heterocycles. The molecule has 3 unspecified atom stereocenters. The topological polar surface area (TPSA) is 239 Å². The summed E-state index contributed by atoms with van der Waals surface area (Å²) < 4.78 is 1.87. The number of aldehydes is 1. The van der Waals surface area contributed by atoms with Gasteiger partial charge >= 0.3 is 0 Å². The number of aliphatic hydroxyl groups excluding tert-OH is 1. The van der Waals surface area contributed by atoms with Crippen molar-refractivity contribution in [2.24, 2.45) is 18.7 Å². The van der Waals surface area contributed by atoms with E-state index in [-0.39, 0.29) is 11.4 Å². The fraction of sp³-hybridized carbons (Fsp3) is 0.375. The van der Waals surface area contributed by atoms with Crippen LogP contribution in [0.2, 0.25) is 0 Å². The smallest absolute Gasteiger partial charge is 0.243 e. The molecule has 0 spiro atoms. The van der Waals surface area contributed by atoms with Crippen molar-refractivity contribution in [2.45, 2.75) is 65.1 Å². The van der Waals surface area contributed by atoms with Gasteiger partial charge in [0.25, 0.3) is 0 Å². The van der Waals surface area contributed by atoms with Gasteiger partial charge in [-0.25, -0.2) is 4.57 Å². The SMILES string of the molecule is CC(=Cc1cc[n+](C)cc1)[N+](=O)[O-].CC(=Cc1ccncc1)[N+](=O)[O-].CC(C(O)c1ccncc1)[N+](=O)[O-].CC(N)CC1CCN(C)CC1.O=Cc1ccncc1. The molecule has 0 aromatic carbocycles. The van der Waals surface area contributed by atoms with Gasteiger partial charge in [-0.15, -0.1) is 0 Å². The normalized spacial score (nSPS) is 14.5. The Kier molecular flexibility index (Phi) is 23.5. The maximum Gasteiger partial charge on any atom is 0.243 e. The molecule has 3 atom stereocenters. The number of aryl methyl sites for hydroxylation is 1. The van der Waals surface area contributed by atoms with Gasteiger partial charge in [0.1, 0.15) is 19.4 Å². The van der Waals surface area contributed by atoms with Crippen molar-refractivity contribution < 1.29 is 29.2 Å². The van der Waals surface area contributed by atoms with Crippen LogP contribution in [0.3, 0.4) is 0 Å². The molecule has 0 aliphatic carbocycles. The Labute approximate surface area is 333 Å². The maximum atomic E-state index is 10.3. The molecule has 0 amide bonds. The molecule has 0 radical (unpaired) electrons. The monoisotopic (exact) mass is 788 g/mol. The van der Waals surface area contributed by atoms with Crippen LogP contribution in [-0.2, 0) is 7.05 Å². The zero-order chi connectivity index (χ0) is 42.8. The Balaban J connectivity index is 0.000000359. The summed E-state index contributed by atoms with van der Waals surface area (Å²) in [7, 11) is 4.09. The Bertz CT molecular complexity index is 1820. The van der Waals surface area contributed by atoms with Gasteiger partial charge in [-0.1, -0.05) is 0 Å². The van der Waals surface area contributed by atoms with Crippen molar-refractivity contribution in [3.63, 3.8) is 0 Å². The number of nitrogens with two attached hydrogens (primary N) is 1. The zero-order valence-corrected chi connectivity index (χ0v) is 33.3. The minimum atomic E-state index is -1.07. The second kappa shape index (κ2) is 27.4. The molecule has 0 bridgehead atoms. The number of hydrogen-bond acceptors (Lipinski definition) is 13. The van der Waals surface area contributed by atoms with E-state index in [0.29, 0.717) is 17.2 Å². The van der Waals surface area contributed by atoms with Crippen LogP contribution in [0.25, 0.3) is 12.2 Å². The lowest BCUT2D eigenvalue weighted by Gasteiger charge is -2.29. The number of piperidine rings is 1. The number of nitro groups is 3. The summed E-state index contributed by atoms with van der Waals surface area (Å²) in [6.07, 6.45) is 19.7. The number of likely N-dealkylation sites (tertiary alicyclic amines) is 1. The Morgan fingerprint density at radius 3 is 1.58 bits per heavy atom. The Morgan fingerprint density at radius 1 is 0.807 bits per heavy atom. The van der Waals surface area contributed by atoms with Crippen LogP contribution in [0.15, 0.2) is 109 Å². The second-order valence-electron chi connectivity index (χ2n) is 13.3. The number of carbonyl (C=O) groups is 1. The average molecular weight is 789 g/mol. The summed E-state index contributed by atoms with van der Waals surface area (Å²) in [6.45, 7) is 8.94. The van der Waals surface area contributed by atoms with Gasteiger partial charge in [0.2, 0.25) is 17.4 Å². The number of carbonyl (C=O) groups excluding carboxylic acids is 1. The van der Waals surface area contributed by atoms with Gasteiger partial charge in [0, 0.05) is 98.8 Å². The Hall–Kier alpha value is -6.17. The third-order valence-electron chi connectivity index (χ3n) is 8.26. The fourth-order valence-electron chi connectivity index (χ4n) is 4.88. The van der Waals surface area contributed by atoms with Gasteiger partial charge in [0.05, 0.1) is 9.85 Å². The van der Waals surface area contributed by atoms with Crippen molar-refractivity contribution in [2.75, 3.05) is 20.1 Å². The number of allylic oxidation sites excluding steroid dienone is 2. The first kappa shape index (κ1) is 48.8. The highest BCUT2D eigenvalue weighted by Crippen LogP contribution is 2.20. The third-order valence-corrected chi connectivity index (χ3v) is 8.26. The Morgan fingerprint density at radius 2 is 1.21 bits per heavy atom. The van der Waals surface area contributed by atoms with Gasteiger partial charge < -0.3 is 15.7 Å². The lowest BCUT2D eigenvalue weighted by atomic mass is 9.91. The van der Waals surface area contributed by atoms with Crippen LogP contribution in [0.1, 0.15) is 80.1 Å². The predicted octanol–water partition coefficient (Wildman–Crippen LogP) is 5.61. The summed E-state index contributed by atoms with van der Waals surface area (Å²) >= 11 is 0. The van der Waals surface area contributed by atoms with E-state index in [1.165, 1.54) is 71.6 Å². The quantitative estimate of drug-likeness (QED) is 0.0861. The molecule has 17 nitrogen and oxygen atoms in total. The molecule has 306 valence electrons. The average Bonchev–Trinajstić information content (AvgIpc) is 3.20. The molecule has 4 aromatic rings. The van der Waals surface area contributed by atoms with E-state index in [9.17, 15) is 40.2 Å². The lowest BCUT2D eigenvalue weighted by Crippen LogP contribution is -2.32. The van der Waals surface area contributed by atoms with E-state index in [1.807, 2.05) is 36.1 Å². The molecule has 57 heavy (non-hydrogen) atoms. The number of aliphatic hydroxyl groups is 1. The van der Waals surface area contributed by atoms with Gasteiger partial charge in [-0.2, -0.15) is 0 Å². The number of rotatable bonds is 10. The first-order valence-corrected chi connectivity index (χ1v) is 18.0. The molecule has 4 aromatic heterocycles. The van der Waals surface area contributed by atoms with E-state index in [2.05, 4.69) is 33.8 Å². The molecule has 1 fully saturated rings. The van der Waals surface area contributed by atoms with Gasteiger partial charge in [-0.3, -0.25) is 50.1 Å². The highest BCUT2D eigenvalue weighted by Gasteiger charge is 2.25. The van der Waals surface area contributed by atoms with E-state index in [4.69, 9.17) is 5.73 Å². The molecular formula is C40H54N9O8+. The minimum Gasteiger partial charge on any atom is -0.381 e. The van der Waals surface area contributed by atoms with E-state index in [0.717, 1.165) is 23.3 Å². The standard InChI is InChI=1S/C9H11N2O2.C9H20N2.C8H10N2O3.C8H8N2O2.C6H5NO/c1-8(11(12)13)7-9-3-5-10(2)6-4-9;1-8(10)7-9-3-5-11(2)6-4-9;1-6(10(12)13)8(11)7-2-4-9-5-3-7;1-7(10(11)12)6-8-2-4-9-5-3-8;8-5-6-1-3-7-4-2-6/h3-7H,1-2H3;8-9H,3-7,10H2,1-2H3;2-6,8,11H,1H3;2-6H,1H3;1-5H/q+1;;;;. The van der Waals surface area contributed by atoms with Crippen LogP contribution in [0.4, 0.5) is 0 Å². The van der Waals surface area contributed by atoms with Crippen LogP contribution < -0.4 is 10.3 Å². The summed E-state index contributed by atoms with van der Waals surface area (Å²) in [5, 5.41) is 40.4.